The second-order valence-electron chi connectivity index (χ2n) is 7.82. The van der Waals surface area contributed by atoms with E-state index in [0.717, 1.165) is 17.3 Å². The third-order valence-electron chi connectivity index (χ3n) is 5.96. The summed E-state index contributed by atoms with van der Waals surface area (Å²) in [6.07, 6.45) is 8.77. The Bertz CT molecular complexity index is 948. The Hall–Kier alpha value is -1.39. The normalized spacial score (nSPS) is 19.5. The number of halogens is 1. The van der Waals surface area contributed by atoms with Crippen molar-refractivity contribution in [3.05, 3.63) is 64.1 Å². The number of benzene rings is 2. The van der Waals surface area contributed by atoms with E-state index in [2.05, 4.69) is 40.2 Å². The maximum atomic E-state index is 11.8. The van der Waals surface area contributed by atoms with Crippen LogP contribution in [0.25, 0.3) is 11.1 Å². The third kappa shape index (κ3) is 3.41. The van der Waals surface area contributed by atoms with Crippen molar-refractivity contribution in [2.75, 3.05) is 6.26 Å². The molecule has 2 aromatic rings. The third-order valence-corrected chi connectivity index (χ3v) is 7.61. The fourth-order valence-corrected chi connectivity index (χ4v) is 5.51. The molecule has 1 fully saturated rings. The minimum atomic E-state index is -3.16. The first-order chi connectivity index (χ1) is 12.4. The average Bonchev–Trinajstić information content (AvgIpc) is 3.22. The Morgan fingerprint density at radius 3 is 1.73 bits per heavy atom. The molecule has 0 unspecified atom stereocenters. The van der Waals surface area contributed by atoms with E-state index in [1.165, 1.54) is 54.2 Å². The predicted octanol–water partition coefficient (Wildman–Crippen LogP) is 6.12. The van der Waals surface area contributed by atoms with Crippen LogP contribution in [0.15, 0.2) is 57.9 Å². The highest BCUT2D eigenvalue weighted by atomic mass is 79.9. The molecule has 1 saturated carbocycles. The second-order valence-corrected chi connectivity index (χ2v) is 10.8. The standard InChI is InChI=1S/C22H23BrO2S/c1-26(24,25)19-10-6-17(7-11-19)21-15-22(12-2-3-13-22)14-20(21)16-4-8-18(23)9-5-16/h4-11H,2-3,12-15H2,1H3. The number of hydrogen-bond donors (Lipinski definition) is 0. The van der Waals surface area contributed by atoms with Crippen LogP contribution in [0.3, 0.4) is 0 Å². The molecule has 0 atom stereocenters. The molecule has 0 amide bonds. The van der Waals surface area contributed by atoms with Gasteiger partial charge >= 0.3 is 0 Å². The minimum Gasteiger partial charge on any atom is -0.224 e. The molecule has 0 N–H and O–H groups in total. The molecular weight excluding hydrogens is 408 g/mol. The lowest BCUT2D eigenvalue weighted by Crippen LogP contribution is -2.11. The van der Waals surface area contributed by atoms with Gasteiger partial charge in [-0.25, -0.2) is 8.42 Å². The zero-order valence-corrected chi connectivity index (χ0v) is 17.4. The molecule has 1 spiro atoms. The Labute approximate surface area is 164 Å². The van der Waals surface area contributed by atoms with E-state index in [1.807, 2.05) is 12.1 Å². The molecule has 0 bridgehead atoms. The lowest BCUT2D eigenvalue weighted by atomic mass is 9.81. The molecule has 0 heterocycles. The SMILES string of the molecule is CS(=O)(=O)c1ccc(C2=C(c3ccc(Br)cc3)CC3(CCCC3)C2)cc1. The fraction of sp³-hybridized carbons (Fsp3) is 0.364. The van der Waals surface area contributed by atoms with E-state index >= 15 is 0 Å². The van der Waals surface area contributed by atoms with Crippen molar-refractivity contribution < 1.29 is 8.42 Å². The molecule has 136 valence electrons. The first-order valence-corrected chi connectivity index (χ1v) is 11.8. The van der Waals surface area contributed by atoms with Gasteiger partial charge in [0.1, 0.15) is 0 Å². The molecule has 2 nitrogen and oxygen atoms in total. The van der Waals surface area contributed by atoms with Gasteiger partial charge < -0.3 is 0 Å². The van der Waals surface area contributed by atoms with Crippen LogP contribution in [0.2, 0.25) is 0 Å². The second kappa shape index (κ2) is 6.65. The Kier molecular flexibility index (Phi) is 4.60. The van der Waals surface area contributed by atoms with Gasteiger partial charge in [-0.1, -0.05) is 53.0 Å². The van der Waals surface area contributed by atoms with E-state index in [-0.39, 0.29) is 0 Å². The summed E-state index contributed by atoms with van der Waals surface area (Å²) in [7, 11) is -3.16. The molecule has 0 saturated heterocycles. The van der Waals surface area contributed by atoms with Gasteiger partial charge in [-0.15, -0.1) is 0 Å². The number of rotatable bonds is 3. The highest BCUT2D eigenvalue weighted by Crippen LogP contribution is 2.57. The summed E-state index contributed by atoms with van der Waals surface area (Å²) in [5.41, 5.74) is 5.70. The van der Waals surface area contributed by atoms with E-state index in [9.17, 15) is 8.42 Å². The van der Waals surface area contributed by atoms with Gasteiger partial charge in [0, 0.05) is 10.7 Å². The van der Waals surface area contributed by atoms with Crippen molar-refractivity contribution in [2.24, 2.45) is 5.41 Å². The summed E-state index contributed by atoms with van der Waals surface area (Å²) in [6.45, 7) is 0. The van der Waals surface area contributed by atoms with Crippen LogP contribution >= 0.6 is 15.9 Å². The van der Waals surface area contributed by atoms with Crippen LogP contribution in [0.1, 0.15) is 49.7 Å². The monoisotopic (exact) mass is 430 g/mol. The molecule has 0 radical (unpaired) electrons. The lowest BCUT2D eigenvalue weighted by molar-refractivity contribution is 0.330. The summed E-state index contributed by atoms with van der Waals surface area (Å²) in [5, 5.41) is 0. The smallest absolute Gasteiger partial charge is 0.175 e. The highest BCUT2D eigenvalue weighted by Gasteiger charge is 2.41. The predicted molar refractivity (Wildman–Crippen MR) is 111 cm³/mol. The summed E-state index contributed by atoms with van der Waals surface area (Å²) in [6, 6.07) is 16.1. The summed E-state index contributed by atoms with van der Waals surface area (Å²) in [4.78, 5) is 0.389. The van der Waals surface area contributed by atoms with E-state index in [4.69, 9.17) is 0 Å². The van der Waals surface area contributed by atoms with Crippen LogP contribution < -0.4 is 0 Å². The average molecular weight is 431 g/mol. The van der Waals surface area contributed by atoms with Crippen LogP contribution in [-0.4, -0.2) is 14.7 Å². The molecule has 2 aliphatic carbocycles. The van der Waals surface area contributed by atoms with Crippen molar-refractivity contribution >= 4 is 36.9 Å². The maximum Gasteiger partial charge on any atom is 0.175 e. The number of sulfone groups is 1. The van der Waals surface area contributed by atoms with Crippen LogP contribution in [-0.2, 0) is 9.84 Å². The van der Waals surface area contributed by atoms with Crippen molar-refractivity contribution in [1.82, 2.24) is 0 Å². The lowest BCUT2D eigenvalue weighted by Gasteiger charge is -2.23. The maximum absolute atomic E-state index is 11.8. The number of allylic oxidation sites excluding steroid dienone is 2. The molecule has 4 rings (SSSR count). The van der Waals surface area contributed by atoms with Crippen molar-refractivity contribution in [2.45, 2.75) is 43.4 Å². The van der Waals surface area contributed by atoms with Crippen LogP contribution in [0.4, 0.5) is 0 Å². The van der Waals surface area contributed by atoms with Gasteiger partial charge in [-0.3, -0.25) is 0 Å². The van der Waals surface area contributed by atoms with Crippen LogP contribution in [0, 0.1) is 5.41 Å². The molecule has 0 aliphatic heterocycles. The minimum absolute atomic E-state index is 0.389. The van der Waals surface area contributed by atoms with Gasteiger partial charge in [0.15, 0.2) is 9.84 Å². The molecule has 4 heteroatoms. The topological polar surface area (TPSA) is 34.1 Å². The summed E-state index contributed by atoms with van der Waals surface area (Å²) >= 11 is 3.53. The molecular formula is C22H23BrO2S. The van der Waals surface area contributed by atoms with Gasteiger partial charge in [0.2, 0.25) is 0 Å². The first-order valence-electron chi connectivity index (χ1n) is 9.15. The fourth-order valence-electron chi connectivity index (χ4n) is 4.61. The van der Waals surface area contributed by atoms with Crippen molar-refractivity contribution in [1.29, 1.82) is 0 Å². The van der Waals surface area contributed by atoms with Crippen molar-refractivity contribution in [3.63, 3.8) is 0 Å². The van der Waals surface area contributed by atoms with Crippen LogP contribution in [0.5, 0.6) is 0 Å². The van der Waals surface area contributed by atoms with Gasteiger partial charge in [0.25, 0.3) is 0 Å². The molecule has 2 aliphatic rings. The molecule has 2 aromatic carbocycles. The largest absolute Gasteiger partial charge is 0.224 e. The first kappa shape index (κ1) is 18.0. The van der Waals surface area contributed by atoms with Gasteiger partial charge in [-0.05, 0) is 77.6 Å². The Morgan fingerprint density at radius 2 is 1.27 bits per heavy atom. The van der Waals surface area contributed by atoms with Gasteiger partial charge in [-0.2, -0.15) is 0 Å². The zero-order valence-electron chi connectivity index (χ0n) is 15.0. The number of hydrogen-bond acceptors (Lipinski definition) is 2. The Morgan fingerprint density at radius 1 is 0.808 bits per heavy atom. The molecule has 0 aromatic heterocycles. The molecule has 26 heavy (non-hydrogen) atoms. The highest BCUT2D eigenvalue weighted by molar-refractivity contribution is 9.10. The summed E-state index contributed by atoms with van der Waals surface area (Å²) in [5.74, 6) is 0. The summed E-state index contributed by atoms with van der Waals surface area (Å²) < 4.78 is 24.6. The van der Waals surface area contributed by atoms with E-state index in [0.29, 0.717) is 10.3 Å². The van der Waals surface area contributed by atoms with E-state index < -0.39 is 9.84 Å². The quantitative estimate of drug-likeness (QED) is 0.587. The zero-order chi connectivity index (χ0) is 18.4. The van der Waals surface area contributed by atoms with E-state index in [1.54, 1.807) is 12.1 Å². The van der Waals surface area contributed by atoms with Gasteiger partial charge in [0.05, 0.1) is 4.90 Å². The Balaban J connectivity index is 1.78. The van der Waals surface area contributed by atoms with Crippen molar-refractivity contribution in [3.8, 4) is 0 Å².